The van der Waals surface area contributed by atoms with Gasteiger partial charge in [-0.1, -0.05) is 66.7 Å². The molecule has 4 aromatic carbocycles. The number of nitrogens with one attached hydrogen (secondary N) is 5. The van der Waals surface area contributed by atoms with E-state index in [1.165, 1.54) is 36.4 Å². The van der Waals surface area contributed by atoms with Crippen molar-refractivity contribution in [2.45, 2.75) is 16.2 Å². The third kappa shape index (κ3) is 12.0. The minimum Gasteiger partial charge on any atom is -0.744 e. The van der Waals surface area contributed by atoms with Crippen LogP contribution in [0.5, 0.6) is 0 Å². The van der Waals surface area contributed by atoms with Crippen LogP contribution in [0, 0.1) is 0 Å². The number of benzene rings is 4. The van der Waals surface area contributed by atoms with Crippen LogP contribution in [0.1, 0.15) is 22.5 Å². The van der Waals surface area contributed by atoms with E-state index in [0.717, 1.165) is 11.8 Å². The van der Waals surface area contributed by atoms with Crippen molar-refractivity contribution in [1.29, 1.82) is 0 Å². The van der Waals surface area contributed by atoms with Crippen LogP contribution >= 0.6 is 0 Å². The van der Waals surface area contributed by atoms with Gasteiger partial charge in [0.15, 0.2) is 0 Å². The smallest absolute Gasteiger partial charge is 0.744 e. The largest absolute Gasteiger partial charge is 1.00 e. The van der Waals surface area contributed by atoms with E-state index in [2.05, 4.69) is 56.5 Å². The molecule has 6 aromatic rings. The molecule has 0 amide bonds. The van der Waals surface area contributed by atoms with Crippen molar-refractivity contribution < 1.29 is 85.1 Å². The Kier molecular flexibility index (Phi) is 15.4. The molecule has 2 aromatic heterocycles. The van der Waals surface area contributed by atoms with E-state index < -0.39 is 30.0 Å². The predicted octanol–water partition coefficient (Wildman–Crippen LogP) is -1.05. The second kappa shape index (κ2) is 19.6. The van der Waals surface area contributed by atoms with E-state index in [9.17, 15) is 25.9 Å². The first-order chi connectivity index (χ1) is 25.9. The van der Waals surface area contributed by atoms with Crippen LogP contribution in [0.4, 0.5) is 46.8 Å². The van der Waals surface area contributed by atoms with Gasteiger partial charge in [0.05, 0.1) is 9.79 Å². The maximum absolute atomic E-state index is 12.4. The molecule has 0 unspecified atom stereocenters. The molecule has 56 heavy (non-hydrogen) atoms. The van der Waals surface area contributed by atoms with Crippen LogP contribution in [-0.4, -0.2) is 69.9 Å². The summed E-state index contributed by atoms with van der Waals surface area (Å²) in [7, 11) is -6.82. The van der Waals surface area contributed by atoms with Gasteiger partial charge in [-0.15, -0.1) is 0 Å². The van der Waals surface area contributed by atoms with Crippen molar-refractivity contribution >= 4 is 79.2 Å². The van der Waals surface area contributed by atoms with Crippen LogP contribution in [0.2, 0.25) is 0 Å². The summed E-state index contributed by atoms with van der Waals surface area (Å²) in [5.41, 5.74) is 1.92. The first kappa shape index (κ1) is 44.2. The zero-order valence-corrected chi connectivity index (χ0v) is 36.2. The number of hydrogen-bond donors (Lipinski definition) is 5. The van der Waals surface area contributed by atoms with Crippen molar-refractivity contribution in [1.82, 2.24) is 29.9 Å². The SMILES string of the molecule is CNc1nc(Cc2ccc(/C=C/c3ccc(Nc4nc(NC)nc(Nc5ccccc5)n4)cc3S(=O)(=O)[O-])c(S(=O)(=O)[O-])c2)nc(Nc2ccccc2)n1.[Na+].[Na+]. The number of nitrogens with zero attached hydrogens (tertiary/aromatic N) is 6. The van der Waals surface area contributed by atoms with E-state index in [1.807, 2.05) is 60.7 Å². The zero-order valence-electron chi connectivity index (χ0n) is 30.5. The average molecular weight is 812 g/mol. The summed E-state index contributed by atoms with van der Waals surface area (Å²) in [5, 5.41) is 14.7. The molecule has 5 N–H and O–H groups in total. The van der Waals surface area contributed by atoms with Gasteiger partial charge in [-0.3, -0.25) is 0 Å². The number of rotatable bonds is 14. The quantitative estimate of drug-likeness (QED) is 0.0500. The van der Waals surface area contributed by atoms with E-state index >= 15 is 0 Å². The van der Waals surface area contributed by atoms with Crippen molar-refractivity contribution in [3.63, 3.8) is 0 Å². The van der Waals surface area contributed by atoms with Gasteiger partial charge in [-0.25, -0.2) is 16.8 Å². The molecule has 0 aliphatic carbocycles. The minimum atomic E-state index is -5.05. The van der Waals surface area contributed by atoms with Gasteiger partial charge in [0, 0.05) is 37.6 Å². The van der Waals surface area contributed by atoms with Crippen molar-refractivity contribution in [3.05, 3.63) is 120 Å². The molecule has 0 saturated carbocycles. The molecule has 0 atom stereocenters. The van der Waals surface area contributed by atoms with Crippen LogP contribution < -0.4 is 85.7 Å². The number of hydrogen-bond acceptors (Lipinski definition) is 17. The van der Waals surface area contributed by atoms with E-state index in [4.69, 9.17) is 0 Å². The fourth-order valence-corrected chi connectivity index (χ4v) is 6.48. The Morgan fingerprint density at radius 2 is 0.929 bits per heavy atom. The average Bonchev–Trinajstić information content (AvgIpc) is 3.14. The van der Waals surface area contributed by atoms with Crippen LogP contribution in [0.3, 0.4) is 0 Å². The van der Waals surface area contributed by atoms with Gasteiger partial charge < -0.3 is 35.7 Å². The Labute approximate surface area is 367 Å². The van der Waals surface area contributed by atoms with Crippen molar-refractivity contribution in [2.75, 3.05) is 40.7 Å². The minimum absolute atomic E-state index is 0. The molecule has 0 aliphatic heterocycles. The summed E-state index contributed by atoms with van der Waals surface area (Å²) >= 11 is 0. The fourth-order valence-electron chi connectivity index (χ4n) is 5.07. The van der Waals surface area contributed by atoms with Gasteiger partial charge in [0.2, 0.25) is 29.7 Å². The molecule has 21 heteroatoms. The Morgan fingerprint density at radius 1 is 0.518 bits per heavy atom. The molecule has 0 fully saturated rings. The molecular formula is C35H31N11Na2O6S2. The maximum Gasteiger partial charge on any atom is 1.00 e. The zero-order chi connectivity index (χ0) is 38.3. The third-order valence-electron chi connectivity index (χ3n) is 7.52. The third-order valence-corrected chi connectivity index (χ3v) is 9.30. The Hall–Kier alpha value is -4.54. The molecule has 0 aliphatic rings. The van der Waals surface area contributed by atoms with E-state index in [-0.39, 0.29) is 118 Å². The van der Waals surface area contributed by atoms with Crippen LogP contribution in [-0.2, 0) is 26.7 Å². The molecule has 0 radical (unpaired) electrons. The van der Waals surface area contributed by atoms with Gasteiger partial charge in [-0.05, 0) is 59.2 Å². The summed E-state index contributed by atoms with van der Waals surface area (Å²) in [5.74, 6) is 1.23. The van der Waals surface area contributed by atoms with E-state index in [0.29, 0.717) is 11.3 Å². The van der Waals surface area contributed by atoms with Gasteiger partial charge in [0.1, 0.15) is 26.1 Å². The van der Waals surface area contributed by atoms with Crippen LogP contribution in [0.25, 0.3) is 12.2 Å². The Morgan fingerprint density at radius 3 is 1.43 bits per heavy atom. The molecule has 276 valence electrons. The summed E-state index contributed by atoms with van der Waals surface area (Å²) in [4.78, 5) is 24.7. The molecular weight excluding hydrogens is 781 g/mol. The molecule has 6 rings (SSSR count). The summed E-state index contributed by atoms with van der Waals surface area (Å²) < 4.78 is 74.4. The molecule has 17 nitrogen and oxygen atoms in total. The van der Waals surface area contributed by atoms with Gasteiger partial charge in [-0.2, -0.15) is 29.9 Å². The fraction of sp³-hybridized carbons (Fsp3) is 0.0857. The number of aromatic nitrogens is 6. The normalized spacial score (nSPS) is 11.2. The van der Waals surface area contributed by atoms with Crippen molar-refractivity contribution in [3.8, 4) is 0 Å². The second-order valence-electron chi connectivity index (χ2n) is 11.4. The molecule has 0 saturated heterocycles. The predicted molar refractivity (Wildman–Crippen MR) is 202 cm³/mol. The monoisotopic (exact) mass is 811 g/mol. The van der Waals surface area contributed by atoms with Crippen LogP contribution in [0.15, 0.2) is 107 Å². The summed E-state index contributed by atoms with van der Waals surface area (Å²) in [6.07, 6.45) is 2.51. The van der Waals surface area contributed by atoms with Crippen molar-refractivity contribution in [2.24, 2.45) is 0 Å². The molecule has 2 heterocycles. The summed E-state index contributed by atoms with van der Waals surface area (Å²) in [6, 6.07) is 26.4. The Bertz CT molecular complexity index is 2380. The standard InChI is InChI=1S/C35H33N11O6S2.2Na/c1-36-31-41-30(42-33(43-31)38-25-9-5-3-6-10-25)20-22-13-14-23(28(19-22)53(47,48)49)15-16-24-17-18-27(21-29(24)54(50,51)52)40-35-45-32(37-2)44-34(46-35)39-26-11-7-4-8-12-26;;/h3-19,21H,20H2,1-2H3,(H,47,48,49)(H,50,51,52)(H2,36,38,41,42,43)(H3,37,39,40,44,45,46);;/q;2*+1/p-2/b16-15+;;. The van der Waals surface area contributed by atoms with Gasteiger partial charge >= 0.3 is 59.1 Å². The number of anilines is 8. The van der Waals surface area contributed by atoms with Gasteiger partial charge in [0.25, 0.3) is 0 Å². The first-order valence-corrected chi connectivity index (χ1v) is 18.8. The maximum atomic E-state index is 12.4. The molecule has 0 spiro atoms. The summed E-state index contributed by atoms with van der Waals surface area (Å²) in [6.45, 7) is 0. The first-order valence-electron chi connectivity index (χ1n) is 16.0. The number of para-hydroxylation sites is 2. The molecule has 0 bridgehead atoms. The Balaban J connectivity index is 0.00000348. The topological polar surface area (TPSA) is 252 Å². The second-order valence-corrected chi connectivity index (χ2v) is 14.1. The van der Waals surface area contributed by atoms with E-state index in [1.54, 1.807) is 20.2 Å².